The monoisotopic (exact) mass is 339 g/mol. The van der Waals surface area contributed by atoms with E-state index in [0.717, 1.165) is 33.4 Å². The molecule has 0 unspecified atom stereocenters. The molecule has 2 aromatic carbocycles. The predicted octanol–water partition coefficient (Wildman–Crippen LogP) is 4.86. The highest BCUT2D eigenvalue weighted by Gasteiger charge is 2.14. The minimum atomic E-state index is -0.145. The van der Waals surface area contributed by atoms with Crippen LogP contribution in [0.15, 0.2) is 79.1 Å². The normalized spacial score (nSPS) is 10.7. The van der Waals surface area contributed by atoms with Gasteiger partial charge in [0.2, 0.25) is 0 Å². The molecule has 0 saturated carbocycles. The van der Waals surface area contributed by atoms with Gasteiger partial charge in [0.15, 0.2) is 0 Å². The number of nitrogens with zero attached hydrogens (tertiary/aromatic N) is 2. The maximum atomic E-state index is 13.0. The van der Waals surface area contributed by atoms with Gasteiger partial charge in [0.05, 0.1) is 16.8 Å². The summed E-state index contributed by atoms with van der Waals surface area (Å²) in [5, 5.41) is 3.85. The topological polar surface area (TPSA) is 54.9 Å². The molecule has 4 rings (SSSR count). The van der Waals surface area contributed by atoms with Crippen molar-refractivity contribution in [3.05, 3.63) is 90.3 Å². The number of aromatic nitrogens is 2. The van der Waals surface area contributed by atoms with Gasteiger partial charge in [-0.25, -0.2) is 4.98 Å². The third-order valence-corrected chi connectivity index (χ3v) is 4.33. The minimum absolute atomic E-state index is 0.145. The van der Waals surface area contributed by atoms with Gasteiger partial charge in [-0.1, -0.05) is 36.4 Å². The Labute approximate surface area is 151 Å². The van der Waals surface area contributed by atoms with Crippen LogP contribution in [0.2, 0.25) is 0 Å². The number of pyridine rings is 2. The maximum absolute atomic E-state index is 13.0. The van der Waals surface area contributed by atoms with Gasteiger partial charge >= 0.3 is 0 Å². The van der Waals surface area contributed by atoms with E-state index in [1.807, 2.05) is 73.7 Å². The number of amides is 1. The predicted molar refractivity (Wildman–Crippen MR) is 104 cm³/mol. The number of carbonyl (C=O) groups is 1. The summed E-state index contributed by atoms with van der Waals surface area (Å²) < 4.78 is 0. The molecule has 4 heteroatoms. The average molecular weight is 339 g/mol. The van der Waals surface area contributed by atoms with Crippen LogP contribution in [0.1, 0.15) is 15.9 Å². The van der Waals surface area contributed by atoms with Crippen molar-refractivity contribution in [2.45, 2.75) is 6.92 Å². The quantitative estimate of drug-likeness (QED) is 0.580. The lowest BCUT2D eigenvalue weighted by atomic mass is 10.0. The van der Waals surface area contributed by atoms with Crippen LogP contribution in [-0.2, 0) is 0 Å². The van der Waals surface area contributed by atoms with Crippen molar-refractivity contribution in [2.24, 2.45) is 0 Å². The van der Waals surface area contributed by atoms with E-state index in [2.05, 4.69) is 10.3 Å². The van der Waals surface area contributed by atoms with Crippen LogP contribution < -0.4 is 5.32 Å². The molecule has 0 atom stereocenters. The van der Waals surface area contributed by atoms with E-state index in [-0.39, 0.29) is 5.91 Å². The highest BCUT2D eigenvalue weighted by molar-refractivity contribution is 6.13. The number of nitrogens with one attached hydrogen (secondary N) is 1. The first-order chi connectivity index (χ1) is 12.7. The lowest BCUT2D eigenvalue weighted by Crippen LogP contribution is -2.13. The summed E-state index contributed by atoms with van der Waals surface area (Å²) in [6.45, 7) is 1.97. The summed E-state index contributed by atoms with van der Waals surface area (Å²) in [5.41, 5.74) is 4.90. The van der Waals surface area contributed by atoms with Crippen molar-refractivity contribution in [1.82, 2.24) is 9.97 Å². The summed E-state index contributed by atoms with van der Waals surface area (Å²) in [7, 11) is 0. The molecule has 1 amide bonds. The van der Waals surface area contributed by atoms with Crippen LogP contribution in [0.5, 0.6) is 0 Å². The molecule has 0 aliphatic heterocycles. The Morgan fingerprint density at radius 1 is 0.923 bits per heavy atom. The Morgan fingerprint density at radius 2 is 1.65 bits per heavy atom. The zero-order valence-electron chi connectivity index (χ0n) is 14.3. The lowest BCUT2D eigenvalue weighted by Gasteiger charge is -2.12. The Bertz CT molecular complexity index is 1090. The summed E-state index contributed by atoms with van der Waals surface area (Å²) in [6.07, 6.45) is 3.44. The number of benzene rings is 2. The van der Waals surface area contributed by atoms with Gasteiger partial charge in [-0.3, -0.25) is 9.78 Å². The molecule has 1 N–H and O–H groups in total. The number of hydrogen-bond donors (Lipinski definition) is 1. The van der Waals surface area contributed by atoms with Crippen molar-refractivity contribution >= 4 is 22.5 Å². The zero-order chi connectivity index (χ0) is 17.9. The van der Waals surface area contributed by atoms with Gasteiger partial charge < -0.3 is 5.32 Å². The number of anilines is 1. The number of aryl methyl sites for hydroxylation is 1. The highest BCUT2D eigenvalue weighted by Crippen LogP contribution is 2.25. The van der Waals surface area contributed by atoms with Crippen LogP contribution in [0, 0.1) is 6.92 Å². The Kier molecular flexibility index (Phi) is 4.15. The van der Waals surface area contributed by atoms with E-state index in [9.17, 15) is 4.79 Å². The molecule has 26 heavy (non-hydrogen) atoms. The Morgan fingerprint density at radius 3 is 2.46 bits per heavy atom. The van der Waals surface area contributed by atoms with Gasteiger partial charge in [-0.15, -0.1) is 0 Å². The summed E-state index contributed by atoms with van der Waals surface area (Å²) >= 11 is 0. The number of fused-ring (bicyclic) bond motifs is 1. The van der Waals surface area contributed by atoms with Crippen molar-refractivity contribution in [1.29, 1.82) is 0 Å². The largest absolute Gasteiger partial charge is 0.322 e. The van der Waals surface area contributed by atoms with Crippen LogP contribution in [0.3, 0.4) is 0 Å². The molecule has 0 aliphatic carbocycles. The van der Waals surface area contributed by atoms with Crippen molar-refractivity contribution in [2.75, 3.05) is 5.32 Å². The van der Waals surface area contributed by atoms with E-state index in [0.29, 0.717) is 5.56 Å². The second-order valence-electron chi connectivity index (χ2n) is 6.08. The molecule has 0 bridgehead atoms. The fourth-order valence-electron chi connectivity index (χ4n) is 2.94. The molecular formula is C22H17N3O. The molecule has 2 aromatic heterocycles. The van der Waals surface area contributed by atoms with E-state index in [4.69, 9.17) is 4.98 Å². The van der Waals surface area contributed by atoms with Crippen LogP contribution in [0.25, 0.3) is 22.2 Å². The standard InChI is InChI=1S/C22H17N3O/c1-15-6-2-4-8-19(15)25-22(26)18-14-21(16-10-12-23-13-11-16)24-20-9-5-3-7-17(18)20/h2-14H,1H3,(H,25,26). The Hall–Kier alpha value is -3.53. The first kappa shape index (κ1) is 16.0. The van der Waals surface area contributed by atoms with Crippen LogP contribution in [0.4, 0.5) is 5.69 Å². The number of carbonyl (C=O) groups excluding carboxylic acids is 1. The summed E-state index contributed by atoms with van der Waals surface area (Å²) in [4.78, 5) is 21.8. The molecule has 0 aliphatic rings. The molecule has 4 aromatic rings. The molecule has 4 nitrogen and oxygen atoms in total. The second kappa shape index (κ2) is 6.76. The van der Waals surface area contributed by atoms with Gasteiger partial charge in [0, 0.05) is 29.0 Å². The minimum Gasteiger partial charge on any atom is -0.322 e. The highest BCUT2D eigenvalue weighted by atomic mass is 16.1. The van der Waals surface area contributed by atoms with Crippen LogP contribution in [-0.4, -0.2) is 15.9 Å². The smallest absolute Gasteiger partial charge is 0.256 e. The molecular weight excluding hydrogens is 322 g/mol. The first-order valence-electron chi connectivity index (χ1n) is 8.39. The second-order valence-corrected chi connectivity index (χ2v) is 6.08. The SMILES string of the molecule is Cc1ccccc1NC(=O)c1cc(-c2ccncc2)nc2ccccc12. The van der Waals surface area contributed by atoms with Gasteiger partial charge in [-0.05, 0) is 42.8 Å². The van der Waals surface area contributed by atoms with Crippen molar-refractivity contribution in [3.8, 4) is 11.3 Å². The molecule has 126 valence electrons. The fraction of sp³-hybridized carbons (Fsp3) is 0.0455. The Balaban J connectivity index is 1.83. The van der Waals surface area contributed by atoms with E-state index < -0.39 is 0 Å². The molecule has 0 fully saturated rings. The third-order valence-electron chi connectivity index (χ3n) is 4.33. The third kappa shape index (κ3) is 3.05. The van der Waals surface area contributed by atoms with Crippen LogP contribution >= 0.6 is 0 Å². The van der Waals surface area contributed by atoms with Crippen molar-refractivity contribution in [3.63, 3.8) is 0 Å². The maximum Gasteiger partial charge on any atom is 0.256 e. The molecule has 0 radical (unpaired) electrons. The molecule has 2 heterocycles. The van der Waals surface area contributed by atoms with Gasteiger partial charge in [-0.2, -0.15) is 0 Å². The summed E-state index contributed by atoms with van der Waals surface area (Å²) in [6, 6.07) is 21.0. The average Bonchev–Trinajstić information content (AvgIpc) is 2.69. The van der Waals surface area contributed by atoms with Crippen molar-refractivity contribution < 1.29 is 4.79 Å². The first-order valence-corrected chi connectivity index (χ1v) is 8.39. The zero-order valence-corrected chi connectivity index (χ0v) is 14.3. The van der Waals surface area contributed by atoms with E-state index in [1.165, 1.54) is 0 Å². The van der Waals surface area contributed by atoms with Gasteiger partial charge in [0.1, 0.15) is 0 Å². The van der Waals surface area contributed by atoms with E-state index in [1.54, 1.807) is 12.4 Å². The molecule has 0 spiro atoms. The summed E-state index contributed by atoms with van der Waals surface area (Å²) in [5.74, 6) is -0.145. The fourth-order valence-corrected chi connectivity index (χ4v) is 2.94. The van der Waals surface area contributed by atoms with E-state index >= 15 is 0 Å². The van der Waals surface area contributed by atoms with Gasteiger partial charge in [0.25, 0.3) is 5.91 Å². The number of para-hydroxylation sites is 2. The number of rotatable bonds is 3. The molecule has 0 saturated heterocycles. The lowest BCUT2D eigenvalue weighted by molar-refractivity contribution is 0.102. The number of hydrogen-bond acceptors (Lipinski definition) is 3.